The maximum atomic E-state index is 12.1. The maximum absolute atomic E-state index is 12.1. The van der Waals surface area contributed by atoms with Crippen LogP contribution >= 0.6 is 11.6 Å². The van der Waals surface area contributed by atoms with E-state index in [2.05, 4.69) is 20.0 Å². The molecular weight excluding hydrogens is 314 g/mol. The van der Waals surface area contributed by atoms with E-state index in [1.165, 1.54) is 12.8 Å². The molecule has 0 spiro atoms. The summed E-state index contributed by atoms with van der Waals surface area (Å²) in [7, 11) is 0. The predicted molar refractivity (Wildman–Crippen MR) is 87.9 cm³/mol. The molecule has 120 valence electrons. The van der Waals surface area contributed by atoms with Crippen molar-refractivity contribution in [1.29, 1.82) is 0 Å². The highest BCUT2D eigenvalue weighted by molar-refractivity contribution is 6.30. The number of hydrogen-bond acceptors (Lipinski definition) is 5. The number of aromatic nitrogens is 4. The molecule has 0 amide bonds. The minimum atomic E-state index is -0.0433. The molecule has 2 fully saturated rings. The van der Waals surface area contributed by atoms with Crippen LogP contribution in [-0.4, -0.2) is 32.3 Å². The van der Waals surface area contributed by atoms with E-state index in [0.29, 0.717) is 23.4 Å². The summed E-state index contributed by atoms with van der Waals surface area (Å²) in [5.41, 5.74) is 0.996. The van der Waals surface area contributed by atoms with Crippen molar-refractivity contribution in [2.45, 2.75) is 44.2 Å². The van der Waals surface area contributed by atoms with Crippen LogP contribution in [-0.2, 0) is 6.54 Å². The minimum absolute atomic E-state index is 0.0433. The SMILES string of the molecule is O=c1ccc(C2CC2)nn1CC1CCCN1c1ncc(Cl)cn1. The van der Waals surface area contributed by atoms with Gasteiger partial charge in [-0.2, -0.15) is 5.10 Å². The lowest BCUT2D eigenvalue weighted by atomic mass is 10.2. The molecule has 1 aliphatic heterocycles. The fourth-order valence-corrected chi connectivity index (χ4v) is 3.23. The average molecular weight is 332 g/mol. The van der Waals surface area contributed by atoms with Crippen molar-refractivity contribution in [3.05, 3.63) is 45.6 Å². The monoisotopic (exact) mass is 331 g/mol. The zero-order valence-electron chi connectivity index (χ0n) is 12.7. The Morgan fingerprint density at radius 3 is 2.70 bits per heavy atom. The summed E-state index contributed by atoms with van der Waals surface area (Å²) >= 11 is 5.86. The molecule has 1 saturated heterocycles. The summed E-state index contributed by atoms with van der Waals surface area (Å²) in [6.45, 7) is 1.47. The molecule has 0 N–H and O–H groups in total. The number of anilines is 1. The zero-order valence-corrected chi connectivity index (χ0v) is 13.5. The van der Waals surface area contributed by atoms with Gasteiger partial charge in [-0.05, 0) is 31.7 Å². The van der Waals surface area contributed by atoms with Crippen LogP contribution in [0.4, 0.5) is 5.95 Å². The molecule has 3 heterocycles. The third kappa shape index (κ3) is 3.08. The molecule has 1 aliphatic carbocycles. The van der Waals surface area contributed by atoms with Crippen LogP contribution in [0.15, 0.2) is 29.3 Å². The van der Waals surface area contributed by atoms with Gasteiger partial charge in [0.15, 0.2) is 0 Å². The van der Waals surface area contributed by atoms with Crippen molar-refractivity contribution in [2.75, 3.05) is 11.4 Å². The van der Waals surface area contributed by atoms with E-state index in [0.717, 1.165) is 25.1 Å². The molecule has 7 heteroatoms. The average Bonchev–Trinajstić information content (AvgIpc) is 3.30. The van der Waals surface area contributed by atoms with E-state index < -0.39 is 0 Å². The van der Waals surface area contributed by atoms with Crippen LogP contribution < -0.4 is 10.5 Å². The van der Waals surface area contributed by atoms with Gasteiger partial charge in [0.2, 0.25) is 5.95 Å². The van der Waals surface area contributed by atoms with Crippen molar-refractivity contribution >= 4 is 17.5 Å². The summed E-state index contributed by atoms with van der Waals surface area (Å²) in [6.07, 6.45) is 7.65. The number of halogens is 1. The first kappa shape index (κ1) is 14.6. The summed E-state index contributed by atoms with van der Waals surface area (Å²) < 4.78 is 1.60. The summed E-state index contributed by atoms with van der Waals surface area (Å²) in [6, 6.07) is 3.69. The van der Waals surface area contributed by atoms with Crippen molar-refractivity contribution in [3.63, 3.8) is 0 Å². The molecule has 1 atom stereocenters. The van der Waals surface area contributed by atoms with Gasteiger partial charge >= 0.3 is 0 Å². The first-order valence-corrected chi connectivity index (χ1v) is 8.41. The fourth-order valence-electron chi connectivity index (χ4n) is 3.13. The Balaban J connectivity index is 1.56. The van der Waals surface area contributed by atoms with E-state index in [1.54, 1.807) is 23.1 Å². The van der Waals surface area contributed by atoms with Gasteiger partial charge in [0.05, 0.1) is 35.7 Å². The molecule has 0 bridgehead atoms. The lowest BCUT2D eigenvalue weighted by Crippen LogP contribution is -2.38. The van der Waals surface area contributed by atoms with E-state index in [-0.39, 0.29) is 11.6 Å². The minimum Gasteiger partial charge on any atom is -0.336 e. The highest BCUT2D eigenvalue weighted by Crippen LogP contribution is 2.38. The number of rotatable bonds is 4. The molecule has 2 aromatic heterocycles. The summed E-state index contributed by atoms with van der Waals surface area (Å²) in [4.78, 5) is 22.9. The Labute approximate surface area is 139 Å². The van der Waals surface area contributed by atoms with Gasteiger partial charge in [-0.3, -0.25) is 4.79 Å². The highest BCUT2D eigenvalue weighted by Gasteiger charge is 2.29. The van der Waals surface area contributed by atoms with E-state index in [1.807, 2.05) is 6.07 Å². The van der Waals surface area contributed by atoms with Gasteiger partial charge in [-0.1, -0.05) is 11.6 Å². The number of hydrogen-bond donors (Lipinski definition) is 0. The Bertz CT molecular complexity index is 756. The van der Waals surface area contributed by atoms with Crippen LogP contribution in [0, 0.1) is 0 Å². The van der Waals surface area contributed by atoms with Crippen LogP contribution in [0.25, 0.3) is 0 Å². The quantitative estimate of drug-likeness (QED) is 0.859. The molecule has 0 aromatic carbocycles. The van der Waals surface area contributed by atoms with E-state index >= 15 is 0 Å². The van der Waals surface area contributed by atoms with Gasteiger partial charge in [0.25, 0.3) is 5.56 Å². The molecule has 0 radical (unpaired) electrons. The second-order valence-corrected chi connectivity index (χ2v) is 6.68. The van der Waals surface area contributed by atoms with Gasteiger partial charge in [0, 0.05) is 18.5 Å². The predicted octanol–water partition coefficient (Wildman–Crippen LogP) is 2.23. The topological polar surface area (TPSA) is 63.9 Å². The van der Waals surface area contributed by atoms with Crippen molar-refractivity contribution < 1.29 is 0 Å². The maximum Gasteiger partial charge on any atom is 0.266 e. The van der Waals surface area contributed by atoms with Crippen molar-refractivity contribution in [1.82, 2.24) is 19.7 Å². The van der Waals surface area contributed by atoms with Crippen LogP contribution in [0.1, 0.15) is 37.3 Å². The molecular formula is C16H18ClN5O. The Hall–Kier alpha value is -1.95. The van der Waals surface area contributed by atoms with E-state index in [4.69, 9.17) is 11.6 Å². The summed E-state index contributed by atoms with van der Waals surface area (Å²) in [5, 5.41) is 5.08. The normalized spacial score (nSPS) is 20.9. The molecule has 23 heavy (non-hydrogen) atoms. The third-order valence-corrected chi connectivity index (χ3v) is 4.70. The van der Waals surface area contributed by atoms with Gasteiger partial charge in [-0.15, -0.1) is 0 Å². The van der Waals surface area contributed by atoms with Crippen molar-refractivity contribution in [3.8, 4) is 0 Å². The van der Waals surface area contributed by atoms with Gasteiger partial charge < -0.3 is 4.90 Å². The molecule has 2 aliphatic rings. The van der Waals surface area contributed by atoms with Crippen LogP contribution in [0.5, 0.6) is 0 Å². The Morgan fingerprint density at radius 1 is 1.17 bits per heavy atom. The largest absolute Gasteiger partial charge is 0.336 e. The first-order chi connectivity index (χ1) is 11.2. The third-order valence-electron chi connectivity index (χ3n) is 4.51. The molecule has 4 rings (SSSR count). The van der Waals surface area contributed by atoms with Crippen molar-refractivity contribution in [2.24, 2.45) is 0 Å². The van der Waals surface area contributed by atoms with Crippen LogP contribution in [0.2, 0.25) is 5.02 Å². The Kier molecular flexibility index (Phi) is 3.77. The highest BCUT2D eigenvalue weighted by atomic mass is 35.5. The van der Waals surface area contributed by atoms with Gasteiger partial charge in [-0.25, -0.2) is 14.6 Å². The summed E-state index contributed by atoms with van der Waals surface area (Å²) in [5.74, 6) is 1.21. The fraction of sp³-hybridized carbons (Fsp3) is 0.500. The first-order valence-electron chi connectivity index (χ1n) is 8.03. The molecule has 2 aromatic rings. The zero-order chi connectivity index (χ0) is 15.8. The second kappa shape index (κ2) is 5.92. The smallest absolute Gasteiger partial charge is 0.266 e. The molecule has 1 unspecified atom stereocenters. The molecule has 1 saturated carbocycles. The lowest BCUT2D eigenvalue weighted by molar-refractivity contribution is 0.479. The molecule has 6 nitrogen and oxygen atoms in total. The lowest BCUT2D eigenvalue weighted by Gasteiger charge is -2.24. The van der Waals surface area contributed by atoms with Crippen LogP contribution in [0.3, 0.4) is 0 Å². The standard InChI is InChI=1S/C16H18ClN5O/c17-12-8-18-16(19-9-12)21-7-1-2-13(21)10-22-15(23)6-5-14(20-22)11-3-4-11/h5-6,8-9,11,13H,1-4,7,10H2. The Morgan fingerprint density at radius 2 is 1.96 bits per heavy atom. The van der Waals surface area contributed by atoms with E-state index in [9.17, 15) is 4.79 Å². The second-order valence-electron chi connectivity index (χ2n) is 6.24. The number of nitrogens with zero attached hydrogens (tertiary/aromatic N) is 5. The van der Waals surface area contributed by atoms with Gasteiger partial charge in [0.1, 0.15) is 0 Å².